The molecule has 0 N–H and O–H groups in total. The van der Waals surface area contributed by atoms with E-state index < -0.39 is 0 Å². The molecule has 8 heteroatoms. The summed E-state index contributed by atoms with van der Waals surface area (Å²) in [6.07, 6.45) is 7.59. The quantitative estimate of drug-likeness (QED) is 0.164. The molecule has 76 heavy (non-hydrogen) atoms. The topological polar surface area (TPSA) is 67.9 Å². The summed E-state index contributed by atoms with van der Waals surface area (Å²) in [5, 5.41) is 6.77. The molecule has 0 bridgehead atoms. The predicted octanol–water partition coefficient (Wildman–Crippen LogP) is 17.1. The van der Waals surface area contributed by atoms with Crippen LogP contribution in [-0.2, 0) is 10.8 Å². The maximum absolute atomic E-state index is 5.36. The normalized spacial score (nSPS) is 14.5. The van der Waals surface area contributed by atoms with E-state index in [2.05, 4.69) is 241 Å². The molecule has 9 aromatic carbocycles. The Morgan fingerprint density at radius 2 is 0.618 bits per heavy atom. The van der Waals surface area contributed by atoms with Crippen molar-refractivity contribution in [2.24, 2.45) is 0 Å². The lowest BCUT2D eigenvalue weighted by Crippen LogP contribution is -2.31. The molecule has 0 aliphatic carbocycles. The van der Waals surface area contributed by atoms with E-state index in [1.54, 1.807) is 12.4 Å². The van der Waals surface area contributed by atoms with E-state index in [1.165, 1.54) is 65.9 Å². The molecule has 0 radical (unpaired) electrons. The number of rotatable bonds is 4. The number of para-hydroxylation sites is 6. The number of hydrogen-bond donors (Lipinski definition) is 0. The van der Waals surface area contributed by atoms with Gasteiger partial charge in [-0.1, -0.05) is 137 Å². The zero-order valence-corrected chi connectivity index (χ0v) is 42.4. The van der Waals surface area contributed by atoms with Crippen molar-refractivity contribution >= 4 is 111 Å². The van der Waals surface area contributed by atoms with Crippen molar-refractivity contribution in [3.63, 3.8) is 0 Å². The number of nitrogens with zero attached hydrogens (tertiary/aromatic N) is 8. The molecule has 0 amide bonds. The van der Waals surface area contributed by atoms with E-state index in [-0.39, 0.29) is 10.8 Å². The van der Waals surface area contributed by atoms with Crippen molar-refractivity contribution in [2.75, 3.05) is 9.80 Å². The maximum Gasteiger partial charge on any atom is 0.0989 e. The van der Waals surface area contributed by atoms with Crippen molar-refractivity contribution in [1.82, 2.24) is 29.1 Å². The Morgan fingerprint density at radius 1 is 0.289 bits per heavy atom. The van der Waals surface area contributed by atoms with Crippen molar-refractivity contribution in [2.45, 2.75) is 38.5 Å². The molecular weight excluding hydrogens is 929 g/mol. The van der Waals surface area contributed by atoms with Gasteiger partial charge in [-0.05, 0) is 107 Å². The molecule has 7 heterocycles. The molecule has 14 aromatic rings. The minimum absolute atomic E-state index is 0.308. The Labute approximate surface area is 438 Å². The summed E-state index contributed by atoms with van der Waals surface area (Å²) in [6, 6.07) is 70.8. The fourth-order valence-electron chi connectivity index (χ4n) is 13.2. The van der Waals surface area contributed by atoms with Crippen LogP contribution in [0.3, 0.4) is 0 Å². The van der Waals surface area contributed by atoms with Crippen LogP contribution in [0, 0.1) is 0 Å². The number of fused-ring (bicyclic) bond motifs is 16. The lowest BCUT2D eigenvalue weighted by molar-refractivity contribution is 0.631. The van der Waals surface area contributed by atoms with Gasteiger partial charge in [0.25, 0.3) is 0 Å². The van der Waals surface area contributed by atoms with Crippen molar-refractivity contribution < 1.29 is 0 Å². The zero-order valence-electron chi connectivity index (χ0n) is 42.4. The number of benzene rings is 9. The van der Waals surface area contributed by atoms with Gasteiger partial charge in [0.05, 0.1) is 90.7 Å². The smallest absolute Gasteiger partial charge is 0.0989 e. The van der Waals surface area contributed by atoms with Gasteiger partial charge in [0.15, 0.2) is 0 Å². The summed E-state index contributed by atoms with van der Waals surface area (Å²) in [7, 11) is 0. The summed E-state index contributed by atoms with van der Waals surface area (Å²) in [5.74, 6) is 0. The summed E-state index contributed by atoms with van der Waals surface area (Å²) < 4.78 is 4.82. The van der Waals surface area contributed by atoms with Gasteiger partial charge in [-0.25, -0.2) is 0 Å². The average Bonchev–Trinajstić information content (AvgIpc) is 4.10. The lowest BCUT2D eigenvalue weighted by atomic mass is 9.73. The minimum atomic E-state index is -0.308. The second kappa shape index (κ2) is 15.4. The summed E-state index contributed by atoms with van der Waals surface area (Å²) >= 11 is 0. The fraction of sp³-hybridized carbons (Fsp3) is 0.0882. The molecule has 16 rings (SSSR count). The molecule has 0 unspecified atom stereocenters. The minimum Gasteiger partial charge on any atom is -0.309 e. The highest BCUT2D eigenvalue weighted by Gasteiger charge is 2.39. The third kappa shape index (κ3) is 5.78. The molecule has 0 saturated carbocycles. The Morgan fingerprint density at radius 3 is 1.01 bits per heavy atom. The van der Waals surface area contributed by atoms with Crippen molar-refractivity contribution in [3.8, 4) is 11.4 Å². The number of pyridine rings is 2. The van der Waals surface area contributed by atoms with Gasteiger partial charge in [0.2, 0.25) is 0 Å². The monoisotopic (exact) mass is 976 g/mol. The standard InChI is InChI=1S/C68H48N8/c1-67(2)51-21-9-15-27-59(51)75(61-31-29-41(37-53(61)67)73-55-23-11-5-17-45(55)46-18-6-12-24-56(46)73)43-35-49-63-64(70-34-33-69-63)50-36-44(40-72-66(50)65(49)71-39-43)76-60-28-16-10-22-52(60)68(3,4)54-38-42(30-32-62(54)76)74-57-25-13-7-19-47(57)48-20-8-14-26-58(48)74/h5-40H,1-4H3. The molecule has 0 saturated heterocycles. The van der Waals surface area contributed by atoms with Crippen LogP contribution in [0.15, 0.2) is 219 Å². The van der Waals surface area contributed by atoms with Gasteiger partial charge >= 0.3 is 0 Å². The van der Waals surface area contributed by atoms with Crippen LogP contribution in [-0.4, -0.2) is 29.1 Å². The van der Waals surface area contributed by atoms with Gasteiger partial charge < -0.3 is 18.9 Å². The molecule has 360 valence electrons. The Bertz CT molecular complexity index is 4380. The van der Waals surface area contributed by atoms with Gasteiger partial charge in [-0.15, -0.1) is 0 Å². The zero-order chi connectivity index (χ0) is 50.6. The molecule has 2 aliphatic rings. The SMILES string of the molecule is CC1(C)c2ccccc2N(c2cnc3c(c2)c2nccnc2c2cc(N4c5ccccc5C(C)(C)c5cc(-n6c7ccccc7c7ccccc76)ccc54)cnc23)c2ccc(-n3c4ccccc4c4ccccc43)cc21. The number of aromatic nitrogens is 6. The van der Waals surface area contributed by atoms with E-state index >= 15 is 0 Å². The van der Waals surface area contributed by atoms with Crippen LogP contribution in [0.1, 0.15) is 49.9 Å². The Balaban J connectivity index is 0.858. The molecular formula is C68H48N8. The lowest BCUT2D eigenvalue weighted by Gasteiger charge is -2.42. The second-order valence-electron chi connectivity index (χ2n) is 21.5. The molecule has 5 aromatic heterocycles. The number of hydrogen-bond acceptors (Lipinski definition) is 6. The maximum atomic E-state index is 5.36. The summed E-state index contributed by atoms with van der Waals surface area (Å²) in [6.45, 7) is 9.38. The first-order valence-electron chi connectivity index (χ1n) is 26.1. The van der Waals surface area contributed by atoms with Crippen molar-refractivity contribution in [3.05, 3.63) is 241 Å². The third-order valence-electron chi connectivity index (χ3n) is 16.8. The highest BCUT2D eigenvalue weighted by atomic mass is 15.2. The highest BCUT2D eigenvalue weighted by Crippen LogP contribution is 2.55. The average molecular weight is 977 g/mol. The van der Waals surface area contributed by atoms with E-state index in [9.17, 15) is 0 Å². The van der Waals surface area contributed by atoms with Gasteiger partial charge in [-0.3, -0.25) is 19.9 Å². The highest BCUT2D eigenvalue weighted by molar-refractivity contribution is 6.22. The van der Waals surface area contributed by atoms with Crippen LogP contribution in [0.2, 0.25) is 0 Å². The summed E-state index contributed by atoms with van der Waals surface area (Å²) in [4.78, 5) is 25.7. The first-order chi connectivity index (χ1) is 37.2. The van der Waals surface area contributed by atoms with Gasteiger partial charge in [-0.2, -0.15) is 0 Å². The second-order valence-corrected chi connectivity index (χ2v) is 21.5. The van der Waals surface area contributed by atoms with Crippen molar-refractivity contribution in [1.29, 1.82) is 0 Å². The molecule has 0 atom stereocenters. The molecule has 0 fully saturated rings. The molecule has 2 aliphatic heterocycles. The first-order valence-corrected chi connectivity index (χ1v) is 26.1. The predicted molar refractivity (Wildman–Crippen MR) is 312 cm³/mol. The van der Waals surface area contributed by atoms with E-state index in [0.717, 1.165) is 78.3 Å². The largest absolute Gasteiger partial charge is 0.309 e. The van der Waals surface area contributed by atoms with E-state index in [4.69, 9.17) is 19.9 Å². The van der Waals surface area contributed by atoms with Crippen LogP contribution in [0.4, 0.5) is 34.1 Å². The first kappa shape index (κ1) is 42.8. The molecule has 0 spiro atoms. The third-order valence-corrected chi connectivity index (χ3v) is 16.8. The van der Waals surface area contributed by atoms with Crippen LogP contribution in [0.25, 0.3) is 87.8 Å². The number of anilines is 6. The van der Waals surface area contributed by atoms with Crippen LogP contribution >= 0.6 is 0 Å². The van der Waals surface area contributed by atoms with Crippen LogP contribution < -0.4 is 9.80 Å². The molecule has 8 nitrogen and oxygen atoms in total. The van der Waals surface area contributed by atoms with E-state index in [0.29, 0.717) is 0 Å². The van der Waals surface area contributed by atoms with E-state index in [1.807, 2.05) is 12.4 Å². The summed E-state index contributed by atoms with van der Waals surface area (Å²) in [5.41, 5.74) is 20.8. The van der Waals surface area contributed by atoms with Gasteiger partial charge in [0.1, 0.15) is 0 Å². The fourth-order valence-corrected chi connectivity index (χ4v) is 13.2. The van der Waals surface area contributed by atoms with Crippen LogP contribution in [0.5, 0.6) is 0 Å². The Kier molecular flexibility index (Phi) is 8.70. The van der Waals surface area contributed by atoms with Gasteiger partial charge in [0, 0.05) is 66.9 Å². The Hall–Kier alpha value is -9.66.